The zero-order valence-electron chi connectivity index (χ0n) is 32.6. The van der Waals surface area contributed by atoms with Crippen LogP contribution in [0.15, 0.2) is 60.1 Å². The fraction of sp³-hybridized carbons (Fsp3) is 0.405. The van der Waals surface area contributed by atoms with Gasteiger partial charge in [-0.3, -0.25) is 19.2 Å². The van der Waals surface area contributed by atoms with Crippen LogP contribution in [0.25, 0.3) is 31.9 Å². The zero-order valence-corrected chi connectivity index (χ0v) is 34.2. The molecule has 298 valence electrons. The summed E-state index contributed by atoms with van der Waals surface area (Å²) in [5, 5.41) is 36.4. The Morgan fingerprint density at radius 2 is 1.72 bits per heavy atom. The number of rotatable bonds is 11. The molecule has 13 nitrogen and oxygen atoms in total. The van der Waals surface area contributed by atoms with E-state index in [4.69, 9.17) is 0 Å². The second-order valence-electron chi connectivity index (χ2n) is 16.0. The molecule has 0 unspecified atom stereocenters. The van der Waals surface area contributed by atoms with E-state index in [0.717, 1.165) is 42.4 Å². The van der Waals surface area contributed by atoms with Gasteiger partial charge in [0.1, 0.15) is 22.7 Å². The summed E-state index contributed by atoms with van der Waals surface area (Å²) in [5.74, 6) is -1.14. The van der Waals surface area contributed by atoms with E-state index < -0.39 is 35.4 Å². The topological polar surface area (TPSA) is 178 Å². The molecule has 5 aromatic rings. The fourth-order valence-electron chi connectivity index (χ4n) is 7.49. The summed E-state index contributed by atoms with van der Waals surface area (Å²) >= 11 is 3.13. The van der Waals surface area contributed by atoms with Gasteiger partial charge in [-0.2, -0.15) is 0 Å². The van der Waals surface area contributed by atoms with E-state index in [-0.39, 0.29) is 55.8 Å². The minimum Gasteiger partial charge on any atom is -0.507 e. The van der Waals surface area contributed by atoms with Gasteiger partial charge in [-0.15, -0.1) is 32.9 Å². The van der Waals surface area contributed by atoms with Crippen LogP contribution in [0.1, 0.15) is 67.6 Å². The van der Waals surface area contributed by atoms with Gasteiger partial charge >= 0.3 is 0 Å². The fourth-order valence-corrected chi connectivity index (χ4v) is 9.49. The van der Waals surface area contributed by atoms with Crippen LogP contribution in [-0.4, -0.2) is 96.6 Å². The van der Waals surface area contributed by atoms with Crippen LogP contribution in [0.5, 0.6) is 5.75 Å². The average Bonchev–Trinajstić information content (AvgIpc) is 3.87. The number of hydrogen-bond donors (Lipinski definition) is 4. The minimum absolute atomic E-state index is 0.0112. The molecule has 2 aliphatic rings. The van der Waals surface area contributed by atoms with E-state index in [2.05, 4.69) is 25.8 Å². The van der Waals surface area contributed by atoms with Gasteiger partial charge in [0.15, 0.2) is 0 Å². The second-order valence-corrected chi connectivity index (χ2v) is 17.9. The van der Waals surface area contributed by atoms with Crippen molar-refractivity contribution >= 4 is 56.5 Å². The van der Waals surface area contributed by atoms with Crippen molar-refractivity contribution in [3.8, 4) is 27.4 Å². The van der Waals surface area contributed by atoms with Crippen LogP contribution >= 0.6 is 22.7 Å². The molecule has 2 aliphatic heterocycles. The van der Waals surface area contributed by atoms with E-state index in [1.165, 1.54) is 4.90 Å². The smallest absolute Gasteiger partial charge is 0.246 e. The van der Waals surface area contributed by atoms with E-state index in [1.54, 1.807) is 45.8 Å². The second kappa shape index (κ2) is 16.3. The number of aliphatic hydroxyl groups is 1. The van der Waals surface area contributed by atoms with Crippen LogP contribution in [0.3, 0.4) is 0 Å². The summed E-state index contributed by atoms with van der Waals surface area (Å²) in [6.45, 7) is 10.8. The Morgan fingerprint density at radius 3 is 2.40 bits per heavy atom. The molecule has 2 saturated heterocycles. The number of fused-ring (bicyclic) bond motifs is 1. The lowest BCUT2D eigenvalue weighted by atomic mass is 9.85. The SMILES string of the molecule is Cc1ncsc1-c1ccc(CNC(=O)[C@H]2C[C@H](O)CN2C(=O)[C@H](NC(=O)CCC(=O)N2CC(c3sc4nnc(-c5ccccc5O)cc4c3C)C2)C(C)(C)C)cc1. The Bertz CT molecular complexity index is 2310. The first-order chi connectivity index (χ1) is 27.2. The Kier molecular flexibility index (Phi) is 11.4. The summed E-state index contributed by atoms with van der Waals surface area (Å²) in [6.07, 6.45) is -0.903. The Balaban J connectivity index is 0.915. The molecular weight excluding hydrogens is 763 g/mol. The molecular formula is C42H47N7O6S2. The van der Waals surface area contributed by atoms with Crippen molar-refractivity contribution in [2.75, 3.05) is 19.6 Å². The third-order valence-electron chi connectivity index (χ3n) is 10.8. The van der Waals surface area contributed by atoms with Crippen molar-refractivity contribution < 1.29 is 29.4 Å². The maximum absolute atomic E-state index is 14.0. The summed E-state index contributed by atoms with van der Waals surface area (Å²) in [7, 11) is 0. The normalized spacial score (nSPS) is 17.7. The third-order valence-corrected chi connectivity index (χ3v) is 13.1. The molecule has 15 heteroatoms. The molecule has 4 amide bonds. The van der Waals surface area contributed by atoms with Gasteiger partial charge in [-0.05, 0) is 54.2 Å². The summed E-state index contributed by atoms with van der Waals surface area (Å²) in [6, 6.07) is 14.9. The molecule has 0 saturated carbocycles. The molecule has 2 aromatic carbocycles. The number of thiazole rings is 1. The van der Waals surface area contributed by atoms with Crippen molar-refractivity contribution in [1.82, 2.24) is 35.6 Å². The molecule has 57 heavy (non-hydrogen) atoms. The molecule has 4 N–H and O–H groups in total. The highest BCUT2D eigenvalue weighted by Crippen LogP contribution is 2.40. The van der Waals surface area contributed by atoms with Gasteiger partial charge in [-0.25, -0.2) is 4.98 Å². The molecule has 0 aliphatic carbocycles. The van der Waals surface area contributed by atoms with Crippen LogP contribution in [0.2, 0.25) is 0 Å². The summed E-state index contributed by atoms with van der Waals surface area (Å²) in [4.78, 5) is 64.4. The highest BCUT2D eigenvalue weighted by molar-refractivity contribution is 7.19. The quantitative estimate of drug-likeness (QED) is 0.138. The predicted octanol–water partition coefficient (Wildman–Crippen LogP) is 5.32. The lowest BCUT2D eigenvalue weighted by Crippen LogP contribution is -2.57. The van der Waals surface area contributed by atoms with Crippen LogP contribution < -0.4 is 10.6 Å². The number of phenolic OH excluding ortho intramolecular Hbond substituents is 1. The highest BCUT2D eigenvalue weighted by Gasteiger charge is 2.44. The van der Waals surface area contributed by atoms with Gasteiger partial charge in [0.2, 0.25) is 23.6 Å². The molecule has 3 atom stereocenters. The first kappa shape index (κ1) is 40.0. The number of aromatic nitrogens is 3. The van der Waals surface area contributed by atoms with Gasteiger partial charge in [0.25, 0.3) is 0 Å². The van der Waals surface area contributed by atoms with Crippen molar-refractivity contribution in [2.24, 2.45) is 5.41 Å². The maximum Gasteiger partial charge on any atom is 0.246 e. The van der Waals surface area contributed by atoms with Crippen molar-refractivity contribution in [3.63, 3.8) is 0 Å². The monoisotopic (exact) mass is 809 g/mol. The zero-order chi connectivity index (χ0) is 40.6. The van der Waals surface area contributed by atoms with Gasteiger partial charge in [-0.1, -0.05) is 57.2 Å². The minimum atomic E-state index is -0.984. The van der Waals surface area contributed by atoms with Crippen molar-refractivity contribution in [2.45, 2.75) is 84.5 Å². The van der Waals surface area contributed by atoms with Gasteiger partial charge in [0.05, 0.1) is 27.9 Å². The van der Waals surface area contributed by atoms with E-state index in [1.807, 2.05) is 76.5 Å². The number of hydrogen-bond acceptors (Lipinski definition) is 11. The Hall–Kier alpha value is -5.25. The lowest BCUT2D eigenvalue weighted by molar-refractivity contribution is -0.144. The number of aromatic hydroxyl groups is 1. The van der Waals surface area contributed by atoms with Crippen LogP contribution in [-0.2, 0) is 25.7 Å². The number of carbonyl (C=O) groups is 4. The number of β-amino-alcohol motifs (C(OH)–C–C–N with tert-alkyl or cyclic N) is 1. The third kappa shape index (κ3) is 8.55. The van der Waals surface area contributed by atoms with Crippen molar-refractivity contribution in [1.29, 1.82) is 0 Å². The van der Waals surface area contributed by atoms with E-state index in [9.17, 15) is 29.4 Å². The highest BCUT2D eigenvalue weighted by atomic mass is 32.1. The molecule has 0 bridgehead atoms. The summed E-state index contributed by atoms with van der Waals surface area (Å²) in [5.41, 5.74) is 6.26. The number of benzene rings is 2. The molecule has 3 aromatic heterocycles. The number of nitrogens with zero attached hydrogens (tertiary/aromatic N) is 5. The number of para-hydroxylation sites is 1. The Morgan fingerprint density at radius 1 is 0.982 bits per heavy atom. The van der Waals surface area contributed by atoms with E-state index >= 15 is 0 Å². The average molecular weight is 810 g/mol. The van der Waals surface area contributed by atoms with Crippen LogP contribution in [0, 0.1) is 19.3 Å². The number of phenols is 1. The number of thiophene rings is 1. The largest absolute Gasteiger partial charge is 0.507 e. The van der Waals surface area contributed by atoms with Gasteiger partial charge < -0.3 is 30.6 Å². The first-order valence-corrected chi connectivity index (χ1v) is 20.8. The van der Waals surface area contributed by atoms with Gasteiger partial charge in [0, 0.05) is 67.2 Å². The van der Waals surface area contributed by atoms with Crippen molar-refractivity contribution in [3.05, 3.63) is 81.8 Å². The lowest BCUT2D eigenvalue weighted by Gasteiger charge is -2.39. The molecule has 0 radical (unpaired) electrons. The number of aliphatic hydroxyl groups excluding tert-OH is 1. The maximum atomic E-state index is 14.0. The summed E-state index contributed by atoms with van der Waals surface area (Å²) < 4.78 is 0. The number of aryl methyl sites for hydroxylation is 2. The number of nitrogens with one attached hydrogen (secondary N) is 2. The predicted molar refractivity (Wildman–Crippen MR) is 219 cm³/mol. The molecule has 2 fully saturated rings. The number of carbonyl (C=O) groups excluding carboxylic acids is 4. The van der Waals surface area contributed by atoms with Crippen LogP contribution in [0.4, 0.5) is 0 Å². The number of amides is 4. The standard InChI is InChI=1S/C42H47N7O6S2/c1-23-30-17-31(29-8-6-7-9-33(29)51)46-47-40(30)57-36(23)27-19-48(20-27)35(53)15-14-34(52)45-38(42(3,4)5)41(55)49-21-28(50)16-32(49)39(54)43-18-25-10-12-26(13-11-25)37-24(2)44-22-56-37/h6-13,17,22,27-28,32,38,50-51H,14-16,18-21H2,1-5H3,(H,43,54)(H,45,52)/t28-,32+,38-/m0/s1. The van der Waals surface area contributed by atoms with E-state index in [0.29, 0.717) is 24.3 Å². The molecule has 7 rings (SSSR count). The first-order valence-electron chi connectivity index (χ1n) is 19.1. The molecule has 5 heterocycles. The molecule has 0 spiro atoms. The Labute approximate surface area is 339 Å². The number of likely N-dealkylation sites (tertiary alicyclic amines) is 2.